The molecule has 0 bridgehead atoms. The van der Waals surface area contributed by atoms with Gasteiger partial charge in [0.1, 0.15) is 6.10 Å². The van der Waals surface area contributed by atoms with Gasteiger partial charge in [0.2, 0.25) is 5.78 Å². The van der Waals surface area contributed by atoms with Gasteiger partial charge in [-0.2, -0.15) is 8.78 Å². The van der Waals surface area contributed by atoms with Gasteiger partial charge in [-0.05, 0) is 12.0 Å². The quantitative estimate of drug-likeness (QED) is 0.674. The first-order valence-corrected chi connectivity index (χ1v) is 5.48. The molecule has 0 saturated carbocycles. The maximum absolute atomic E-state index is 13.4. The van der Waals surface area contributed by atoms with Gasteiger partial charge in [-0.3, -0.25) is 4.79 Å². The van der Waals surface area contributed by atoms with Crippen LogP contribution in [0.2, 0.25) is 0 Å². The van der Waals surface area contributed by atoms with Crippen LogP contribution in [0.15, 0.2) is 30.3 Å². The molecule has 4 nitrogen and oxygen atoms in total. The number of hydrogen-bond donors (Lipinski definition) is 3. The Kier molecular flexibility index (Phi) is 4.89. The highest BCUT2D eigenvalue weighted by Crippen LogP contribution is 2.22. The molecule has 0 saturated heterocycles. The molecule has 0 aliphatic heterocycles. The van der Waals surface area contributed by atoms with Crippen molar-refractivity contribution in [2.75, 3.05) is 6.54 Å². The number of Topliss-reactive ketones (excluding diaryl/α,β-unsaturated/α-hetero) is 1. The summed E-state index contributed by atoms with van der Waals surface area (Å²) in [6.45, 7) is -0.831. The zero-order valence-corrected chi connectivity index (χ0v) is 9.72. The monoisotopic (exact) mass is 258 g/mol. The van der Waals surface area contributed by atoms with Crippen LogP contribution >= 0.6 is 0 Å². The molecule has 0 amide bonds. The van der Waals surface area contributed by atoms with Gasteiger partial charge in [-0.25, -0.2) is 0 Å². The number of nitrogens with two attached hydrogens (primary N) is 2. The molecule has 0 aromatic heterocycles. The van der Waals surface area contributed by atoms with Crippen LogP contribution in [-0.2, 0) is 11.2 Å². The molecule has 1 aromatic carbocycles. The van der Waals surface area contributed by atoms with E-state index in [4.69, 9.17) is 11.5 Å². The molecule has 6 heteroatoms. The van der Waals surface area contributed by atoms with E-state index in [0.717, 1.165) is 0 Å². The van der Waals surface area contributed by atoms with Crippen molar-refractivity contribution in [1.29, 1.82) is 0 Å². The molecule has 2 atom stereocenters. The molecule has 5 N–H and O–H groups in total. The first-order valence-electron chi connectivity index (χ1n) is 5.48. The van der Waals surface area contributed by atoms with Gasteiger partial charge in [0.25, 0.3) is 0 Å². The topological polar surface area (TPSA) is 89.3 Å². The second kappa shape index (κ2) is 5.99. The molecule has 1 rings (SSSR count). The highest BCUT2D eigenvalue weighted by atomic mass is 19.3. The molecular formula is C12H16F2N2O2. The molecule has 0 fully saturated rings. The van der Waals surface area contributed by atoms with Crippen LogP contribution in [-0.4, -0.2) is 35.5 Å². The van der Waals surface area contributed by atoms with Gasteiger partial charge in [0, 0.05) is 6.04 Å². The van der Waals surface area contributed by atoms with E-state index in [-0.39, 0.29) is 6.42 Å². The summed E-state index contributed by atoms with van der Waals surface area (Å²) in [5, 5.41) is 9.46. The third kappa shape index (κ3) is 3.32. The van der Waals surface area contributed by atoms with Gasteiger partial charge in [-0.1, -0.05) is 30.3 Å². The average Bonchev–Trinajstić information content (AvgIpc) is 2.37. The molecule has 100 valence electrons. The van der Waals surface area contributed by atoms with Crippen LogP contribution < -0.4 is 11.5 Å². The van der Waals surface area contributed by atoms with Crippen molar-refractivity contribution in [2.45, 2.75) is 24.5 Å². The predicted octanol–water partition coefficient (Wildman–Crippen LogP) is 0.0804. The fraction of sp³-hybridized carbons (Fsp3) is 0.417. The summed E-state index contributed by atoms with van der Waals surface area (Å²) in [7, 11) is 0. The zero-order chi connectivity index (χ0) is 13.8. The van der Waals surface area contributed by atoms with Gasteiger partial charge < -0.3 is 16.6 Å². The smallest absolute Gasteiger partial charge is 0.333 e. The molecule has 0 spiro atoms. The number of carbonyl (C=O) groups is 1. The number of halogens is 2. The van der Waals surface area contributed by atoms with Crippen molar-refractivity contribution in [3.8, 4) is 0 Å². The third-order valence-corrected chi connectivity index (χ3v) is 2.65. The predicted molar refractivity (Wildman–Crippen MR) is 63.1 cm³/mol. The summed E-state index contributed by atoms with van der Waals surface area (Å²) >= 11 is 0. The number of rotatable bonds is 6. The first kappa shape index (κ1) is 14.7. The minimum atomic E-state index is -3.91. The maximum Gasteiger partial charge on any atom is 0.333 e. The Labute approximate surface area is 104 Å². The largest absolute Gasteiger partial charge is 0.385 e. The molecule has 0 aliphatic carbocycles. The van der Waals surface area contributed by atoms with Crippen LogP contribution in [0.5, 0.6) is 0 Å². The number of ketones is 1. The number of hydrogen-bond acceptors (Lipinski definition) is 4. The zero-order valence-electron chi connectivity index (χ0n) is 9.72. The second-order valence-electron chi connectivity index (χ2n) is 4.05. The van der Waals surface area contributed by atoms with E-state index in [2.05, 4.69) is 0 Å². The average molecular weight is 258 g/mol. The lowest BCUT2D eigenvalue weighted by Gasteiger charge is -2.25. The minimum absolute atomic E-state index is 0.0510. The van der Waals surface area contributed by atoms with Crippen molar-refractivity contribution in [1.82, 2.24) is 0 Å². The summed E-state index contributed by atoms with van der Waals surface area (Å²) in [6.07, 6.45) is -2.19. The Hall–Kier alpha value is -1.37. The number of alkyl halides is 2. The van der Waals surface area contributed by atoms with Crippen LogP contribution in [0.3, 0.4) is 0 Å². The van der Waals surface area contributed by atoms with Crippen molar-refractivity contribution in [3.63, 3.8) is 0 Å². The molecule has 1 unspecified atom stereocenters. The van der Waals surface area contributed by atoms with Gasteiger partial charge in [0.05, 0.1) is 6.54 Å². The SMILES string of the molecule is NCC(=O)C(F)(F)[C@H](O)C(N)Cc1ccccc1. The fourth-order valence-electron chi connectivity index (χ4n) is 1.57. The lowest BCUT2D eigenvalue weighted by atomic mass is 9.96. The van der Waals surface area contributed by atoms with Crippen molar-refractivity contribution < 1.29 is 18.7 Å². The van der Waals surface area contributed by atoms with Crippen LogP contribution in [0.4, 0.5) is 8.78 Å². The molecular weight excluding hydrogens is 242 g/mol. The van der Waals surface area contributed by atoms with Crippen molar-refractivity contribution in [3.05, 3.63) is 35.9 Å². The van der Waals surface area contributed by atoms with E-state index in [9.17, 15) is 18.7 Å². The van der Waals surface area contributed by atoms with E-state index in [1.807, 2.05) is 0 Å². The number of benzene rings is 1. The molecule has 1 aromatic rings. The summed E-state index contributed by atoms with van der Waals surface area (Å²) in [5.74, 6) is -5.43. The third-order valence-electron chi connectivity index (χ3n) is 2.65. The standard InChI is InChI=1S/C12H16F2N2O2/c13-12(14,10(17)7-15)11(18)9(16)6-8-4-2-1-3-5-8/h1-5,9,11,18H,6-7,15-16H2/t9?,11-/m1/s1. The van der Waals surface area contributed by atoms with E-state index < -0.39 is 30.4 Å². The van der Waals surface area contributed by atoms with Crippen LogP contribution in [0, 0.1) is 0 Å². The molecule has 18 heavy (non-hydrogen) atoms. The van der Waals surface area contributed by atoms with Crippen LogP contribution in [0.25, 0.3) is 0 Å². The van der Waals surface area contributed by atoms with Crippen molar-refractivity contribution >= 4 is 5.78 Å². The van der Waals surface area contributed by atoms with E-state index in [1.54, 1.807) is 30.3 Å². The summed E-state index contributed by atoms with van der Waals surface area (Å²) in [6, 6.07) is 7.41. The van der Waals surface area contributed by atoms with E-state index in [1.165, 1.54) is 0 Å². The normalized spacial score (nSPS) is 15.2. The molecule has 0 heterocycles. The number of carbonyl (C=O) groups excluding carboxylic acids is 1. The summed E-state index contributed by atoms with van der Waals surface area (Å²) < 4.78 is 26.8. The lowest BCUT2D eigenvalue weighted by Crippen LogP contribution is -2.54. The Balaban J connectivity index is 2.72. The number of aliphatic hydroxyl groups is 1. The Bertz CT molecular complexity index is 398. The highest BCUT2D eigenvalue weighted by Gasteiger charge is 2.47. The Morgan fingerprint density at radius 1 is 1.33 bits per heavy atom. The second-order valence-corrected chi connectivity index (χ2v) is 4.05. The number of aliphatic hydroxyl groups excluding tert-OH is 1. The van der Waals surface area contributed by atoms with Gasteiger partial charge in [-0.15, -0.1) is 0 Å². The summed E-state index contributed by atoms with van der Waals surface area (Å²) in [5.41, 5.74) is 11.1. The van der Waals surface area contributed by atoms with Crippen LogP contribution in [0.1, 0.15) is 5.56 Å². The highest BCUT2D eigenvalue weighted by molar-refractivity contribution is 5.88. The lowest BCUT2D eigenvalue weighted by molar-refractivity contribution is -0.161. The first-order chi connectivity index (χ1) is 8.39. The van der Waals surface area contributed by atoms with Gasteiger partial charge >= 0.3 is 5.92 Å². The van der Waals surface area contributed by atoms with E-state index in [0.29, 0.717) is 5.56 Å². The molecule has 0 radical (unpaired) electrons. The van der Waals surface area contributed by atoms with Gasteiger partial charge in [0.15, 0.2) is 0 Å². The maximum atomic E-state index is 13.4. The fourth-order valence-corrected chi connectivity index (χ4v) is 1.57. The molecule has 0 aliphatic rings. The Morgan fingerprint density at radius 3 is 2.39 bits per heavy atom. The van der Waals surface area contributed by atoms with E-state index >= 15 is 0 Å². The minimum Gasteiger partial charge on any atom is -0.385 e. The summed E-state index contributed by atoms with van der Waals surface area (Å²) in [4.78, 5) is 10.9. The Morgan fingerprint density at radius 2 is 1.89 bits per heavy atom. The van der Waals surface area contributed by atoms with Crippen molar-refractivity contribution in [2.24, 2.45) is 11.5 Å².